The van der Waals surface area contributed by atoms with Crippen molar-refractivity contribution in [3.8, 4) is 0 Å². The molecule has 2 fully saturated rings. The molecule has 0 saturated carbocycles. The third-order valence-electron chi connectivity index (χ3n) is 8.93. The smallest absolute Gasteiger partial charge is 0.222 e. The Morgan fingerprint density at radius 3 is 2.05 bits per heavy atom. The molecule has 4 nitrogen and oxygen atoms in total. The summed E-state index contributed by atoms with van der Waals surface area (Å²) in [5.74, 6) is 1.53. The third kappa shape index (κ3) is 7.80. The lowest BCUT2D eigenvalue weighted by atomic mass is 9.88. The van der Waals surface area contributed by atoms with Crippen molar-refractivity contribution in [3.05, 3.63) is 108 Å². The number of carbonyl (C=O) groups is 1. The number of benzene rings is 3. The molecule has 0 N–H and O–H groups in total. The van der Waals surface area contributed by atoms with Gasteiger partial charge in [0, 0.05) is 64.7 Å². The van der Waals surface area contributed by atoms with Crippen LogP contribution < -0.4 is 0 Å². The van der Waals surface area contributed by atoms with Gasteiger partial charge in [0.15, 0.2) is 0 Å². The Morgan fingerprint density at radius 1 is 0.769 bits per heavy atom. The van der Waals surface area contributed by atoms with Crippen molar-refractivity contribution in [2.45, 2.75) is 57.0 Å². The zero-order valence-electron chi connectivity index (χ0n) is 23.6. The normalized spacial score (nSPS) is 20.7. The van der Waals surface area contributed by atoms with Crippen LogP contribution in [0.15, 0.2) is 91.0 Å². The van der Waals surface area contributed by atoms with Gasteiger partial charge in [-0.05, 0) is 54.7 Å². The van der Waals surface area contributed by atoms with E-state index in [4.69, 9.17) is 0 Å². The Kier molecular flexibility index (Phi) is 9.85. The summed E-state index contributed by atoms with van der Waals surface area (Å²) >= 11 is 0. The minimum absolute atomic E-state index is 0.318. The monoisotopic (exact) mass is 523 g/mol. The standard InChI is InChI=1S/C35H45N3O/c1-36(35(39)20-12-11-15-29-13-5-2-6-14-29)33-21-23-37(24-22-33)26-32-27-38(25-30-16-7-3-8-17-30)28-34(32)31-18-9-4-10-19-31/h2-10,13-14,16-19,32-34H,11-12,15,20-28H2,1H3. The van der Waals surface area contributed by atoms with E-state index in [9.17, 15) is 4.79 Å². The zero-order valence-corrected chi connectivity index (χ0v) is 23.6. The summed E-state index contributed by atoms with van der Waals surface area (Å²) in [6.07, 6.45) is 5.95. The predicted molar refractivity (Wildman–Crippen MR) is 161 cm³/mol. The number of hydrogen-bond acceptors (Lipinski definition) is 3. The van der Waals surface area contributed by atoms with Crippen LogP contribution in [0, 0.1) is 5.92 Å². The Hall–Kier alpha value is -2.95. The van der Waals surface area contributed by atoms with Crippen molar-refractivity contribution < 1.29 is 4.79 Å². The number of aryl methyl sites for hydroxylation is 1. The fourth-order valence-electron chi connectivity index (χ4n) is 6.65. The van der Waals surface area contributed by atoms with E-state index in [0.717, 1.165) is 71.4 Å². The maximum absolute atomic E-state index is 12.9. The topological polar surface area (TPSA) is 26.8 Å². The number of nitrogens with zero attached hydrogens (tertiary/aromatic N) is 3. The number of hydrogen-bond donors (Lipinski definition) is 0. The quantitative estimate of drug-likeness (QED) is 0.279. The first-order chi connectivity index (χ1) is 19.2. The summed E-state index contributed by atoms with van der Waals surface area (Å²) in [7, 11) is 2.03. The molecule has 2 saturated heterocycles. The summed E-state index contributed by atoms with van der Waals surface area (Å²) in [6, 6.07) is 33.0. The molecule has 0 radical (unpaired) electrons. The average Bonchev–Trinajstić information content (AvgIpc) is 3.38. The Balaban J connectivity index is 1.09. The van der Waals surface area contributed by atoms with E-state index in [1.165, 1.54) is 16.7 Å². The molecule has 0 aliphatic carbocycles. The summed E-state index contributed by atoms with van der Waals surface area (Å²) in [5.41, 5.74) is 4.25. The van der Waals surface area contributed by atoms with E-state index in [1.807, 2.05) is 7.05 Å². The molecule has 5 rings (SSSR count). The van der Waals surface area contributed by atoms with E-state index >= 15 is 0 Å². The molecule has 2 aliphatic rings. The summed E-state index contributed by atoms with van der Waals surface area (Å²) in [6.45, 7) is 6.63. The zero-order chi connectivity index (χ0) is 26.9. The molecule has 3 aromatic rings. The second-order valence-corrected chi connectivity index (χ2v) is 11.7. The van der Waals surface area contributed by atoms with Gasteiger partial charge in [-0.25, -0.2) is 0 Å². The van der Waals surface area contributed by atoms with Crippen LogP contribution in [0.2, 0.25) is 0 Å². The van der Waals surface area contributed by atoms with Crippen LogP contribution in [-0.2, 0) is 17.8 Å². The Morgan fingerprint density at radius 2 is 1.38 bits per heavy atom. The molecule has 4 heteroatoms. The van der Waals surface area contributed by atoms with Crippen molar-refractivity contribution in [2.75, 3.05) is 39.8 Å². The number of likely N-dealkylation sites (tertiary alicyclic amines) is 2. The third-order valence-corrected chi connectivity index (χ3v) is 8.93. The highest BCUT2D eigenvalue weighted by molar-refractivity contribution is 5.76. The average molecular weight is 524 g/mol. The van der Waals surface area contributed by atoms with E-state index in [2.05, 4.69) is 106 Å². The molecule has 0 bridgehead atoms. The van der Waals surface area contributed by atoms with Gasteiger partial charge in [-0.3, -0.25) is 9.69 Å². The number of carbonyl (C=O) groups excluding carboxylic acids is 1. The van der Waals surface area contributed by atoms with Crippen LogP contribution in [0.4, 0.5) is 0 Å². The molecular formula is C35H45N3O. The maximum Gasteiger partial charge on any atom is 0.222 e. The highest BCUT2D eigenvalue weighted by Crippen LogP contribution is 2.34. The molecule has 39 heavy (non-hydrogen) atoms. The number of rotatable bonds is 11. The first-order valence-electron chi connectivity index (χ1n) is 15.0. The molecule has 2 heterocycles. The molecule has 0 spiro atoms. The summed E-state index contributed by atoms with van der Waals surface area (Å²) < 4.78 is 0. The van der Waals surface area contributed by atoms with E-state index in [-0.39, 0.29) is 0 Å². The van der Waals surface area contributed by atoms with Gasteiger partial charge in [0.1, 0.15) is 0 Å². The van der Waals surface area contributed by atoms with Crippen molar-refractivity contribution >= 4 is 5.91 Å². The molecule has 0 aromatic heterocycles. The fourth-order valence-corrected chi connectivity index (χ4v) is 6.65. The van der Waals surface area contributed by atoms with Gasteiger partial charge in [0.25, 0.3) is 0 Å². The van der Waals surface area contributed by atoms with Crippen LogP contribution in [0.25, 0.3) is 0 Å². The lowest BCUT2D eigenvalue weighted by Crippen LogP contribution is -2.47. The molecular weight excluding hydrogens is 478 g/mol. The Labute approximate surface area is 235 Å². The first-order valence-corrected chi connectivity index (χ1v) is 15.0. The van der Waals surface area contributed by atoms with Gasteiger partial charge >= 0.3 is 0 Å². The minimum atomic E-state index is 0.318. The van der Waals surface area contributed by atoms with Gasteiger partial charge in [-0.15, -0.1) is 0 Å². The predicted octanol–water partition coefficient (Wildman–Crippen LogP) is 6.24. The van der Waals surface area contributed by atoms with Gasteiger partial charge in [0.05, 0.1) is 0 Å². The first kappa shape index (κ1) is 27.6. The SMILES string of the molecule is CN(C(=O)CCCCc1ccccc1)C1CCN(CC2CN(Cc3ccccc3)CC2c2ccccc2)CC1. The molecule has 2 aliphatic heterocycles. The lowest BCUT2D eigenvalue weighted by Gasteiger charge is -2.38. The fraction of sp³-hybridized carbons (Fsp3) is 0.457. The van der Waals surface area contributed by atoms with E-state index in [0.29, 0.717) is 30.2 Å². The van der Waals surface area contributed by atoms with Gasteiger partial charge in [0.2, 0.25) is 5.91 Å². The largest absolute Gasteiger partial charge is 0.343 e. The second kappa shape index (κ2) is 13.9. The highest BCUT2D eigenvalue weighted by Gasteiger charge is 2.36. The molecule has 1 amide bonds. The van der Waals surface area contributed by atoms with E-state index < -0.39 is 0 Å². The van der Waals surface area contributed by atoms with Crippen molar-refractivity contribution in [3.63, 3.8) is 0 Å². The van der Waals surface area contributed by atoms with Crippen molar-refractivity contribution in [2.24, 2.45) is 5.92 Å². The number of piperidine rings is 1. The molecule has 206 valence electrons. The van der Waals surface area contributed by atoms with Crippen LogP contribution in [0.3, 0.4) is 0 Å². The van der Waals surface area contributed by atoms with Crippen LogP contribution in [-0.4, -0.2) is 66.4 Å². The lowest BCUT2D eigenvalue weighted by molar-refractivity contribution is -0.133. The number of unbranched alkanes of at least 4 members (excludes halogenated alkanes) is 1. The van der Waals surface area contributed by atoms with E-state index in [1.54, 1.807) is 0 Å². The van der Waals surface area contributed by atoms with Crippen molar-refractivity contribution in [1.29, 1.82) is 0 Å². The number of amides is 1. The molecule has 2 unspecified atom stereocenters. The molecule has 3 aromatic carbocycles. The van der Waals surface area contributed by atoms with Gasteiger partial charge < -0.3 is 9.80 Å². The molecule has 2 atom stereocenters. The van der Waals surface area contributed by atoms with Gasteiger partial charge in [-0.2, -0.15) is 0 Å². The van der Waals surface area contributed by atoms with Crippen LogP contribution in [0.1, 0.15) is 54.7 Å². The Bertz CT molecular complexity index is 1130. The van der Waals surface area contributed by atoms with Crippen molar-refractivity contribution in [1.82, 2.24) is 14.7 Å². The maximum atomic E-state index is 12.9. The van der Waals surface area contributed by atoms with Crippen LogP contribution >= 0.6 is 0 Å². The summed E-state index contributed by atoms with van der Waals surface area (Å²) in [4.78, 5) is 20.3. The van der Waals surface area contributed by atoms with Crippen LogP contribution in [0.5, 0.6) is 0 Å². The van der Waals surface area contributed by atoms with Gasteiger partial charge in [-0.1, -0.05) is 91.0 Å². The highest BCUT2D eigenvalue weighted by atomic mass is 16.2. The minimum Gasteiger partial charge on any atom is -0.343 e. The second-order valence-electron chi connectivity index (χ2n) is 11.7. The summed E-state index contributed by atoms with van der Waals surface area (Å²) in [5, 5.41) is 0.